The van der Waals surface area contributed by atoms with E-state index in [2.05, 4.69) is 4.98 Å². The number of hydrogen-bond acceptors (Lipinski definition) is 3. The molecule has 3 rings (SSSR count). The van der Waals surface area contributed by atoms with Crippen LogP contribution in [0.1, 0.15) is 23.8 Å². The van der Waals surface area contributed by atoms with E-state index in [0.717, 1.165) is 17.9 Å². The molecular formula is C15H16N2O2. The summed E-state index contributed by atoms with van der Waals surface area (Å²) in [5.41, 5.74) is 0.911. The zero-order valence-corrected chi connectivity index (χ0v) is 10.8. The summed E-state index contributed by atoms with van der Waals surface area (Å²) in [4.78, 5) is 18.3. The molecule has 4 nitrogen and oxygen atoms in total. The Hall–Kier alpha value is -2.10. The Bertz CT molecular complexity index is 551. The number of pyridine rings is 1. The molecule has 1 aliphatic carbocycles. The van der Waals surface area contributed by atoms with E-state index in [-0.39, 0.29) is 17.7 Å². The van der Waals surface area contributed by atoms with E-state index in [9.17, 15) is 4.79 Å². The van der Waals surface area contributed by atoms with Crippen LogP contribution in [0, 0.1) is 5.92 Å². The van der Waals surface area contributed by atoms with Gasteiger partial charge < -0.3 is 9.32 Å². The lowest BCUT2D eigenvalue weighted by atomic mass is 10.2. The van der Waals surface area contributed by atoms with E-state index in [4.69, 9.17) is 4.42 Å². The number of carbonyl (C=O) groups excluding carboxylic acids is 1. The molecule has 0 aliphatic heterocycles. The summed E-state index contributed by atoms with van der Waals surface area (Å²) in [6.45, 7) is 0.557. The first-order valence-corrected chi connectivity index (χ1v) is 6.44. The summed E-state index contributed by atoms with van der Waals surface area (Å²) in [5.74, 6) is 1.42. The molecule has 0 N–H and O–H groups in total. The average molecular weight is 256 g/mol. The minimum absolute atomic E-state index is 0.0693. The van der Waals surface area contributed by atoms with E-state index < -0.39 is 0 Å². The van der Waals surface area contributed by atoms with Gasteiger partial charge in [-0.15, -0.1) is 0 Å². The minimum atomic E-state index is 0.0693. The number of carbonyl (C=O) groups is 1. The predicted octanol–water partition coefficient (Wildman–Crippen LogP) is 2.44. The zero-order chi connectivity index (χ0) is 13.2. The molecule has 0 spiro atoms. The summed E-state index contributed by atoms with van der Waals surface area (Å²) in [6, 6.07) is 9.55. The number of amides is 1. The zero-order valence-electron chi connectivity index (χ0n) is 10.8. The van der Waals surface area contributed by atoms with Gasteiger partial charge in [0.1, 0.15) is 5.76 Å². The highest BCUT2D eigenvalue weighted by Gasteiger charge is 2.46. The fourth-order valence-corrected chi connectivity index (χ4v) is 2.38. The SMILES string of the molecule is CN(Cc1ccccn1)C(=O)C1CC1c1ccco1. The lowest BCUT2D eigenvalue weighted by Crippen LogP contribution is -2.28. The monoisotopic (exact) mass is 256 g/mol. The largest absolute Gasteiger partial charge is 0.469 e. The van der Waals surface area contributed by atoms with Crippen molar-refractivity contribution in [1.29, 1.82) is 0 Å². The number of aromatic nitrogens is 1. The van der Waals surface area contributed by atoms with E-state index in [1.54, 1.807) is 17.4 Å². The maximum atomic E-state index is 12.3. The van der Waals surface area contributed by atoms with Gasteiger partial charge in [0.15, 0.2) is 0 Å². The van der Waals surface area contributed by atoms with Crippen molar-refractivity contribution in [3.05, 3.63) is 54.2 Å². The van der Waals surface area contributed by atoms with E-state index in [0.29, 0.717) is 6.54 Å². The smallest absolute Gasteiger partial charge is 0.226 e. The number of nitrogens with zero attached hydrogens (tertiary/aromatic N) is 2. The Morgan fingerprint density at radius 1 is 1.42 bits per heavy atom. The Labute approximate surface area is 112 Å². The second-order valence-corrected chi connectivity index (χ2v) is 4.98. The molecule has 98 valence electrons. The van der Waals surface area contributed by atoms with Gasteiger partial charge >= 0.3 is 0 Å². The molecule has 0 radical (unpaired) electrons. The third-order valence-corrected chi connectivity index (χ3v) is 3.52. The van der Waals surface area contributed by atoms with Gasteiger partial charge in [-0.1, -0.05) is 6.07 Å². The molecule has 19 heavy (non-hydrogen) atoms. The molecule has 2 aromatic heterocycles. The van der Waals surface area contributed by atoms with Crippen LogP contribution in [0.15, 0.2) is 47.2 Å². The molecular weight excluding hydrogens is 240 g/mol. The highest BCUT2D eigenvalue weighted by Crippen LogP contribution is 2.48. The molecule has 1 fully saturated rings. The summed E-state index contributed by atoms with van der Waals surface area (Å²) >= 11 is 0. The topological polar surface area (TPSA) is 46.3 Å². The quantitative estimate of drug-likeness (QED) is 0.844. The van der Waals surface area contributed by atoms with Crippen LogP contribution in [0.2, 0.25) is 0 Å². The number of furan rings is 1. The Morgan fingerprint density at radius 2 is 2.32 bits per heavy atom. The first-order valence-electron chi connectivity index (χ1n) is 6.44. The Balaban J connectivity index is 1.60. The molecule has 0 aromatic carbocycles. The maximum absolute atomic E-state index is 12.3. The molecule has 2 heterocycles. The summed E-state index contributed by atoms with van der Waals surface area (Å²) in [6.07, 6.45) is 4.29. The van der Waals surface area contributed by atoms with Crippen LogP contribution in [0.5, 0.6) is 0 Å². The van der Waals surface area contributed by atoms with Crippen LogP contribution in [0.25, 0.3) is 0 Å². The van der Waals surface area contributed by atoms with Crippen molar-refractivity contribution in [2.45, 2.75) is 18.9 Å². The highest BCUT2D eigenvalue weighted by molar-refractivity contribution is 5.82. The molecule has 2 aromatic rings. The molecule has 2 atom stereocenters. The lowest BCUT2D eigenvalue weighted by Gasteiger charge is -2.16. The van der Waals surface area contributed by atoms with Gasteiger partial charge in [-0.05, 0) is 30.7 Å². The molecule has 1 aliphatic rings. The molecule has 4 heteroatoms. The third kappa shape index (κ3) is 2.52. The van der Waals surface area contributed by atoms with Gasteiger partial charge in [0.2, 0.25) is 5.91 Å². The second-order valence-electron chi connectivity index (χ2n) is 4.98. The molecule has 0 saturated heterocycles. The average Bonchev–Trinajstić information content (AvgIpc) is 3.04. The number of rotatable bonds is 4. The van der Waals surface area contributed by atoms with Crippen molar-refractivity contribution < 1.29 is 9.21 Å². The van der Waals surface area contributed by atoms with E-state index >= 15 is 0 Å². The lowest BCUT2D eigenvalue weighted by molar-refractivity contribution is -0.132. The molecule has 2 unspecified atom stereocenters. The Morgan fingerprint density at radius 3 is 3.00 bits per heavy atom. The van der Waals surface area contributed by atoms with Gasteiger partial charge in [-0.25, -0.2) is 0 Å². The van der Waals surface area contributed by atoms with Crippen molar-refractivity contribution in [2.75, 3.05) is 7.05 Å². The van der Waals surface area contributed by atoms with Crippen LogP contribution >= 0.6 is 0 Å². The fraction of sp³-hybridized carbons (Fsp3) is 0.333. The van der Waals surface area contributed by atoms with Crippen LogP contribution in [0.4, 0.5) is 0 Å². The molecule has 1 saturated carbocycles. The second kappa shape index (κ2) is 4.88. The maximum Gasteiger partial charge on any atom is 0.226 e. The van der Waals surface area contributed by atoms with Crippen molar-refractivity contribution in [1.82, 2.24) is 9.88 Å². The van der Waals surface area contributed by atoms with Crippen LogP contribution in [0.3, 0.4) is 0 Å². The van der Waals surface area contributed by atoms with Crippen LogP contribution in [-0.4, -0.2) is 22.8 Å². The summed E-state index contributed by atoms with van der Waals surface area (Å²) in [5, 5.41) is 0. The molecule has 1 amide bonds. The summed E-state index contributed by atoms with van der Waals surface area (Å²) < 4.78 is 5.35. The van der Waals surface area contributed by atoms with E-state index in [1.165, 1.54) is 0 Å². The molecule has 0 bridgehead atoms. The van der Waals surface area contributed by atoms with Gasteiger partial charge in [0.05, 0.1) is 18.5 Å². The third-order valence-electron chi connectivity index (χ3n) is 3.52. The minimum Gasteiger partial charge on any atom is -0.469 e. The van der Waals surface area contributed by atoms with Crippen molar-refractivity contribution in [3.63, 3.8) is 0 Å². The normalized spacial score (nSPS) is 21.1. The van der Waals surface area contributed by atoms with Crippen molar-refractivity contribution >= 4 is 5.91 Å². The van der Waals surface area contributed by atoms with E-state index in [1.807, 2.05) is 37.4 Å². The van der Waals surface area contributed by atoms with Crippen molar-refractivity contribution in [2.24, 2.45) is 5.92 Å². The fourth-order valence-electron chi connectivity index (χ4n) is 2.38. The van der Waals surface area contributed by atoms with Gasteiger partial charge in [-0.2, -0.15) is 0 Å². The first kappa shape index (κ1) is 12.0. The summed E-state index contributed by atoms with van der Waals surface area (Å²) in [7, 11) is 1.83. The van der Waals surface area contributed by atoms with Crippen LogP contribution < -0.4 is 0 Å². The van der Waals surface area contributed by atoms with Gasteiger partial charge in [-0.3, -0.25) is 9.78 Å². The van der Waals surface area contributed by atoms with Gasteiger partial charge in [0, 0.05) is 25.1 Å². The number of hydrogen-bond donors (Lipinski definition) is 0. The van der Waals surface area contributed by atoms with Gasteiger partial charge in [0.25, 0.3) is 0 Å². The Kier molecular flexibility index (Phi) is 3.07. The predicted molar refractivity (Wildman–Crippen MR) is 70.3 cm³/mol. The van der Waals surface area contributed by atoms with Crippen LogP contribution in [-0.2, 0) is 11.3 Å². The standard InChI is InChI=1S/C15H16N2O2/c1-17(10-11-5-2-3-7-16-11)15(18)13-9-12(13)14-6-4-8-19-14/h2-8,12-13H,9-10H2,1H3. The first-order chi connectivity index (χ1) is 9.25. The van der Waals surface area contributed by atoms with Crippen molar-refractivity contribution in [3.8, 4) is 0 Å². The highest BCUT2D eigenvalue weighted by atomic mass is 16.3.